The average Bonchev–Trinajstić information content (AvgIpc) is 2.06. The number of halogens is 2. The smallest absolute Gasteiger partial charge is 0.232 e. The van der Waals surface area contributed by atoms with Crippen LogP contribution in [-0.4, -0.2) is 33.8 Å². The van der Waals surface area contributed by atoms with E-state index < -0.39 is 21.7 Å². The van der Waals surface area contributed by atoms with Crippen molar-refractivity contribution >= 4 is 15.7 Å². The molecule has 0 aliphatic carbocycles. The molecule has 0 atom stereocenters. The summed E-state index contributed by atoms with van der Waals surface area (Å²) in [6, 6.07) is 2.46. The van der Waals surface area contributed by atoms with Crippen molar-refractivity contribution in [2.24, 2.45) is 0 Å². The van der Waals surface area contributed by atoms with Crippen LogP contribution in [0.5, 0.6) is 0 Å². The summed E-state index contributed by atoms with van der Waals surface area (Å²) < 4.78 is 50.5. The van der Waals surface area contributed by atoms with Gasteiger partial charge in [-0.05, 0) is 12.1 Å². The Morgan fingerprint density at radius 1 is 1.24 bits per heavy atom. The van der Waals surface area contributed by atoms with Crippen LogP contribution in [0.1, 0.15) is 0 Å². The SMILES string of the molecule is CS(=O)(=O)N(c1cc(F)cc(F)c1)C1CNC1. The lowest BCUT2D eigenvalue weighted by Crippen LogP contribution is -2.59. The highest BCUT2D eigenvalue weighted by molar-refractivity contribution is 7.92. The first-order valence-corrected chi connectivity index (χ1v) is 6.89. The highest BCUT2D eigenvalue weighted by Gasteiger charge is 2.31. The molecule has 0 bridgehead atoms. The molecule has 0 aromatic heterocycles. The van der Waals surface area contributed by atoms with Crippen molar-refractivity contribution in [1.82, 2.24) is 5.32 Å². The van der Waals surface area contributed by atoms with Gasteiger partial charge in [0, 0.05) is 19.2 Å². The highest BCUT2D eigenvalue weighted by atomic mass is 32.2. The molecule has 1 saturated heterocycles. The van der Waals surface area contributed by atoms with E-state index in [2.05, 4.69) is 5.32 Å². The normalized spacial score (nSPS) is 16.6. The maximum Gasteiger partial charge on any atom is 0.232 e. The number of sulfonamides is 1. The Hall–Kier alpha value is -1.21. The van der Waals surface area contributed by atoms with E-state index in [0.717, 1.165) is 22.7 Å². The van der Waals surface area contributed by atoms with Gasteiger partial charge < -0.3 is 5.32 Å². The second-order valence-electron chi connectivity index (χ2n) is 4.00. The molecule has 7 heteroatoms. The maximum atomic E-state index is 13.1. The van der Waals surface area contributed by atoms with E-state index in [4.69, 9.17) is 0 Å². The van der Waals surface area contributed by atoms with Crippen LogP contribution < -0.4 is 9.62 Å². The quantitative estimate of drug-likeness (QED) is 0.872. The summed E-state index contributed by atoms with van der Waals surface area (Å²) >= 11 is 0. The van der Waals surface area contributed by atoms with E-state index in [1.165, 1.54) is 0 Å². The molecule has 1 aliphatic heterocycles. The topological polar surface area (TPSA) is 49.4 Å². The van der Waals surface area contributed by atoms with Gasteiger partial charge in [-0.15, -0.1) is 0 Å². The van der Waals surface area contributed by atoms with Crippen molar-refractivity contribution in [1.29, 1.82) is 0 Å². The van der Waals surface area contributed by atoms with Crippen LogP contribution in [0, 0.1) is 11.6 Å². The Kier molecular flexibility index (Phi) is 3.05. The Bertz CT molecular complexity index is 509. The Labute approximate surface area is 98.3 Å². The molecule has 0 unspecified atom stereocenters. The van der Waals surface area contributed by atoms with Gasteiger partial charge in [-0.3, -0.25) is 4.31 Å². The van der Waals surface area contributed by atoms with Crippen molar-refractivity contribution < 1.29 is 17.2 Å². The summed E-state index contributed by atoms with van der Waals surface area (Å²) in [5.74, 6) is -1.58. The first-order valence-electron chi connectivity index (χ1n) is 5.04. The fourth-order valence-electron chi connectivity index (χ4n) is 1.78. The Balaban J connectivity index is 2.45. The zero-order valence-corrected chi connectivity index (χ0v) is 9.97. The molecule has 0 radical (unpaired) electrons. The minimum atomic E-state index is -3.55. The molecule has 1 N–H and O–H groups in total. The summed E-state index contributed by atoms with van der Waals surface area (Å²) in [4.78, 5) is 0. The second kappa shape index (κ2) is 4.23. The molecule has 0 spiro atoms. The summed E-state index contributed by atoms with van der Waals surface area (Å²) in [5.41, 5.74) is 0.0245. The van der Waals surface area contributed by atoms with Gasteiger partial charge >= 0.3 is 0 Å². The lowest BCUT2D eigenvalue weighted by molar-refractivity contribution is 0.441. The van der Waals surface area contributed by atoms with Gasteiger partial charge in [0.2, 0.25) is 10.0 Å². The molecular formula is C10H12F2N2O2S. The van der Waals surface area contributed by atoms with Crippen LogP contribution in [0.25, 0.3) is 0 Å². The second-order valence-corrected chi connectivity index (χ2v) is 5.86. The highest BCUT2D eigenvalue weighted by Crippen LogP contribution is 2.24. The lowest BCUT2D eigenvalue weighted by atomic mass is 10.1. The summed E-state index contributed by atoms with van der Waals surface area (Å²) in [6.45, 7) is 0.955. The number of rotatable bonds is 3. The standard InChI is InChI=1S/C10H12F2N2O2S/c1-17(15,16)14(10-5-13-6-10)9-3-7(11)2-8(12)4-9/h2-4,10,13H,5-6H2,1H3. The first kappa shape index (κ1) is 12.3. The Morgan fingerprint density at radius 2 is 1.76 bits per heavy atom. The molecule has 4 nitrogen and oxygen atoms in total. The minimum absolute atomic E-state index is 0.0245. The van der Waals surface area contributed by atoms with Gasteiger partial charge in [0.15, 0.2) is 0 Å². The van der Waals surface area contributed by atoms with Crippen LogP contribution in [-0.2, 0) is 10.0 Å². The third kappa shape index (κ3) is 2.55. The zero-order valence-electron chi connectivity index (χ0n) is 9.15. The average molecular weight is 262 g/mol. The van der Waals surface area contributed by atoms with Crippen LogP contribution in [0.3, 0.4) is 0 Å². The zero-order chi connectivity index (χ0) is 12.6. The third-order valence-electron chi connectivity index (χ3n) is 2.55. The van der Waals surface area contributed by atoms with Crippen molar-refractivity contribution in [2.75, 3.05) is 23.7 Å². The molecule has 94 valence electrons. The van der Waals surface area contributed by atoms with E-state index in [-0.39, 0.29) is 11.7 Å². The van der Waals surface area contributed by atoms with Crippen LogP contribution in [0.15, 0.2) is 18.2 Å². The predicted octanol–water partition coefficient (Wildman–Crippen LogP) is 0.703. The van der Waals surface area contributed by atoms with Gasteiger partial charge in [-0.25, -0.2) is 17.2 Å². The van der Waals surface area contributed by atoms with Crippen molar-refractivity contribution in [3.63, 3.8) is 0 Å². The molecule has 0 amide bonds. The number of benzene rings is 1. The largest absolute Gasteiger partial charge is 0.312 e. The van der Waals surface area contributed by atoms with Crippen LogP contribution in [0.2, 0.25) is 0 Å². The maximum absolute atomic E-state index is 13.1. The van der Waals surface area contributed by atoms with Crippen LogP contribution in [0.4, 0.5) is 14.5 Å². The molecule has 0 saturated carbocycles. The minimum Gasteiger partial charge on any atom is -0.312 e. The van der Waals surface area contributed by atoms with Gasteiger partial charge in [0.05, 0.1) is 18.0 Å². The van der Waals surface area contributed by atoms with E-state index >= 15 is 0 Å². The van der Waals surface area contributed by atoms with Crippen LogP contribution >= 0.6 is 0 Å². The fourth-order valence-corrected chi connectivity index (χ4v) is 2.96. The van der Waals surface area contributed by atoms with E-state index in [1.807, 2.05) is 0 Å². The lowest BCUT2D eigenvalue weighted by Gasteiger charge is -2.37. The molecule has 2 rings (SSSR count). The van der Waals surface area contributed by atoms with Crippen molar-refractivity contribution in [2.45, 2.75) is 6.04 Å². The van der Waals surface area contributed by atoms with Gasteiger partial charge in [-0.1, -0.05) is 0 Å². The van der Waals surface area contributed by atoms with Gasteiger partial charge in [0.25, 0.3) is 0 Å². The van der Waals surface area contributed by atoms with E-state index in [9.17, 15) is 17.2 Å². The number of nitrogens with one attached hydrogen (secondary N) is 1. The molecule has 1 heterocycles. The van der Waals surface area contributed by atoms with Gasteiger partial charge in [0.1, 0.15) is 11.6 Å². The number of hydrogen-bond acceptors (Lipinski definition) is 3. The van der Waals surface area contributed by atoms with Crippen molar-refractivity contribution in [3.8, 4) is 0 Å². The fraction of sp³-hybridized carbons (Fsp3) is 0.400. The predicted molar refractivity (Wildman–Crippen MR) is 60.3 cm³/mol. The molecule has 17 heavy (non-hydrogen) atoms. The third-order valence-corrected chi connectivity index (χ3v) is 3.77. The molecule has 1 aliphatic rings. The molecule has 1 fully saturated rings. The molecular weight excluding hydrogens is 250 g/mol. The Morgan fingerprint density at radius 3 is 2.12 bits per heavy atom. The summed E-state index contributed by atoms with van der Waals surface area (Å²) in [7, 11) is -3.55. The monoisotopic (exact) mass is 262 g/mol. The van der Waals surface area contributed by atoms with Crippen molar-refractivity contribution in [3.05, 3.63) is 29.8 Å². The summed E-state index contributed by atoms with van der Waals surface area (Å²) in [5, 5.41) is 2.92. The number of nitrogens with zero attached hydrogens (tertiary/aromatic N) is 1. The van der Waals surface area contributed by atoms with E-state index in [1.54, 1.807) is 0 Å². The van der Waals surface area contributed by atoms with Gasteiger partial charge in [-0.2, -0.15) is 0 Å². The molecule has 1 aromatic rings. The number of hydrogen-bond donors (Lipinski definition) is 1. The molecule has 1 aromatic carbocycles. The van der Waals surface area contributed by atoms with E-state index in [0.29, 0.717) is 19.2 Å². The first-order chi connectivity index (χ1) is 7.88. The number of anilines is 1. The summed E-state index contributed by atoms with van der Waals surface area (Å²) in [6.07, 6.45) is 1.02.